The number of benzene rings is 2. The van der Waals surface area contributed by atoms with Crippen molar-refractivity contribution in [3.05, 3.63) is 58.4 Å². The van der Waals surface area contributed by atoms with Gasteiger partial charge in [-0.15, -0.1) is 0 Å². The summed E-state index contributed by atoms with van der Waals surface area (Å²) < 4.78 is 23.1. The number of ether oxygens (including phenoxy) is 2. The lowest BCUT2D eigenvalue weighted by Gasteiger charge is -2.12. The summed E-state index contributed by atoms with van der Waals surface area (Å²) in [5.74, 6) is 0.230. The highest BCUT2D eigenvalue weighted by molar-refractivity contribution is 6.32. The largest absolute Gasteiger partial charge is 0.493 e. The minimum absolute atomic E-state index is 0.269. The first-order valence-electron chi connectivity index (χ1n) is 6.99. The van der Waals surface area contributed by atoms with Crippen LogP contribution in [0.3, 0.4) is 0 Å². The van der Waals surface area contributed by atoms with Gasteiger partial charge in [-0.2, -0.15) is 0 Å². The molecule has 0 fully saturated rings. The first kappa shape index (κ1) is 17.1. The van der Waals surface area contributed by atoms with E-state index in [1.807, 2.05) is 0 Å². The van der Waals surface area contributed by atoms with Crippen molar-refractivity contribution in [2.24, 2.45) is 0 Å². The number of carbonyl (C=O) groups excluding carboxylic acids is 1. The van der Waals surface area contributed by atoms with Crippen molar-refractivity contribution in [2.75, 3.05) is 20.8 Å². The number of amides is 1. The summed E-state index contributed by atoms with van der Waals surface area (Å²) in [6.07, 6.45) is 0.604. The van der Waals surface area contributed by atoms with Gasteiger partial charge in [0.25, 0.3) is 5.91 Å². The predicted octanol–water partition coefficient (Wildman–Crippen LogP) is 3.47. The minimum Gasteiger partial charge on any atom is -0.493 e. The summed E-state index contributed by atoms with van der Waals surface area (Å²) >= 11 is 6.08. The maximum atomic E-state index is 12.8. The Labute approximate surface area is 139 Å². The van der Waals surface area contributed by atoms with E-state index in [9.17, 15) is 9.18 Å². The number of nitrogens with one attached hydrogen (secondary N) is 1. The molecule has 0 saturated heterocycles. The minimum atomic E-state index is -0.280. The fourth-order valence-corrected chi connectivity index (χ4v) is 2.41. The molecule has 0 aliphatic rings. The summed E-state index contributed by atoms with van der Waals surface area (Å²) in [6, 6.07) is 9.26. The van der Waals surface area contributed by atoms with Crippen LogP contribution >= 0.6 is 11.6 Å². The summed E-state index contributed by atoms with van der Waals surface area (Å²) in [4.78, 5) is 12.2. The van der Waals surface area contributed by atoms with Crippen LogP contribution in [0.15, 0.2) is 36.4 Å². The molecule has 2 rings (SSSR count). The maximum absolute atomic E-state index is 12.8. The van der Waals surface area contributed by atoms with Gasteiger partial charge in [0, 0.05) is 12.1 Å². The van der Waals surface area contributed by atoms with Crippen LogP contribution in [0.25, 0.3) is 0 Å². The van der Waals surface area contributed by atoms with E-state index < -0.39 is 0 Å². The monoisotopic (exact) mass is 337 g/mol. The molecule has 122 valence electrons. The third-order valence-electron chi connectivity index (χ3n) is 3.31. The van der Waals surface area contributed by atoms with Gasteiger partial charge in [0.2, 0.25) is 0 Å². The Morgan fingerprint density at radius 1 is 1.17 bits per heavy atom. The van der Waals surface area contributed by atoms with Gasteiger partial charge in [-0.3, -0.25) is 4.79 Å². The van der Waals surface area contributed by atoms with Crippen molar-refractivity contribution in [1.29, 1.82) is 0 Å². The highest BCUT2D eigenvalue weighted by Crippen LogP contribution is 2.35. The molecule has 0 aromatic heterocycles. The number of rotatable bonds is 6. The van der Waals surface area contributed by atoms with Crippen molar-refractivity contribution in [1.82, 2.24) is 5.32 Å². The Morgan fingerprint density at radius 2 is 1.87 bits per heavy atom. The van der Waals surface area contributed by atoms with Gasteiger partial charge in [-0.05, 0) is 36.2 Å². The molecule has 0 aliphatic carbocycles. The highest BCUT2D eigenvalue weighted by Gasteiger charge is 2.14. The lowest BCUT2D eigenvalue weighted by molar-refractivity contribution is 0.0953. The average molecular weight is 338 g/mol. The van der Waals surface area contributed by atoms with Gasteiger partial charge in [-0.25, -0.2) is 4.39 Å². The van der Waals surface area contributed by atoms with Gasteiger partial charge in [0.1, 0.15) is 5.82 Å². The van der Waals surface area contributed by atoms with Crippen LogP contribution in [0.5, 0.6) is 11.5 Å². The molecule has 0 aliphatic heterocycles. The number of halogens is 2. The summed E-state index contributed by atoms with van der Waals surface area (Å²) in [7, 11) is 2.95. The van der Waals surface area contributed by atoms with Crippen LogP contribution in [0, 0.1) is 5.82 Å². The van der Waals surface area contributed by atoms with Gasteiger partial charge in [0.15, 0.2) is 11.5 Å². The number of hydrogen-bond donors (Lipinski definition) is 1. The zero-order chi connectivity index (χ0) is 16.8. The Kier molecular flexibility index (Phi) is 5.82. The molecule has 1 amide bonds. The van der Waals surface area contributed by atoms with Crippen molar-refractivity contribution in [3.63, 3.8) is 0 Å². The van der Waals surface area contributed by atoms with Gasteiger partial charge in [0.05, 0.1) is 19.2 Å². The standard InChI is InChI=1S/C17H17ClFNO3/c1-22-15-10-12(9-14(18)16(15)23-2)17(21)20-8-7-11-3-5-13(19)6-4-11/h3-6,9-10H,7-8H2,1-2H3,(H,20,21). The van der Waals surface area contributed by atoms with E-state index in [0.717, 1.165) is 5.56 Å². The van der Waals surface area contributed by atoms with Crippen LogP contribution in [0.2, 0.25) is 5.02 Å². The van der Waals surface area contributed by atoms with E-state index in [2.05, 4.69) is 5.32 Å². The quantitative estimate of drug-likeness (QED) is 0.878. The smallest absolute Gasteiger partial charge is 0.251 e. The number of carbonyl (C=O) groups is 1. The molecule has 0 spiro atoms. The van der Waals surface area contributed by atoms with Crippen molar-refractivity contribution in [3.8, 4) is 11.5 Å². The molecule has 2 aromatic carbocycles. The normalized spacial score (nSPS) is 10.3. The van der Waals surface area contributed by atoms with Crippen LogP contribution in [0.1, 0.15) is 15.9 Å². The Balaban J connectivity index is 2.00. The number of hydrogen-bond acceptors (Lipinski definition) is 3. The lowest BCUT2D eigenvalue weighted by Crippen LogP contribution is -2.25. The number of methoxy groups -OCH3 is 2. The zero-order valence-corrected chi connectivity index (χ0v) is 13.6. The molecule has 6 heteroatoms. The third-order valence-corrected chi connectivity index (χ3v) is 3.59. The molecular formula is C17H17ClFNO3. The Morgan fingerprint density at radius 3 is 2.48 bits per heavy atom. The molecule has 0 heterocycles. The van der Waals surface area contributed by atoms with Gasteiger partial charge < -0.3 is 14.8 Å². The second-order valence-electron chi connectivity index (χ2n) is 4.83. The van der Waals surface area contributed by atoms with E-state index in [1.165, 1.54) is 32.4 Å². The third kappa shape index (κ3) is 4.36. The van der Waals surface area contributed by atoms with Crippen LogP contribution in [0.4, 0.5) is 4.39 Å². The molecule has 4 nitrogen and oxygen atoms in total. The zero-order valence-electron chi connectivity index (χ0n) is 12.9. The molecule has 0 unspecified atom stereocenters. The topological polar surface area (TPSA) is 47.6 Å². The van der Waals surface area contributed by atoms with E-state index in [-0.39, 0.29) is 11.7 Å². The molecule has 1 N–H and O–H groups in total. The predicted molar refractivity (Wildman–Crippen MR) is 87.0 cm³/mol. The second-order valence-corrected chi connectivity index (χ2v) is 5.23. The molecular weight excluding hydrogens is 321 g/mol. The first-order chi connectivity index (χ1) is 11.0. The van der Waals surface area contributed by atoms with E-state index >= 15 is 0 Å². The SMILES string of the molecule is COc1cc(C(=O)NCCc2ccc(F)cc2)cc(Cl)c1OC. The molecule has 2 aromatic rings. The summed E-state index contributed by atoms with van der Waals surface area (Å²) in [6.45, 7) is 0.427. The fraction of sp³-hybridized carbons (Fsp3) is 0.235. The van der Waals surface area contributed by atoms with Crippen LogP contribution in [-0.2, 0) is 6.42 Å². The maximum Gasteiger partial charge on any atom is 0.251 e. The average Bonchev–Trinajstić information content (AvgIpc) is 2.55. The molecule has 0 bridgehead atoms. The summed E-state index contributed by atoms with van der Waals surface area (Å²) in [5, 5.41) is 3.09. The summed E-state index contributed by atoms with van der Waals surface area (Å²) in [5.41, 5.74) is 1.32. The van der Waals surface area contributed by atoms with Crippen LogP contribution in [-0.4, -0.2) is 26.7 Å². The second kappa shape index (κ2) is 7.83. The molecule has 0 radical (unpaired) electrons. The lowest BCUT2D eigenvalue weighted by atomic mass is 10.1. The fourth-order valence-electron chi connectivity index (χ4n) is 2.12. The van der Waals surface area contributed by atoms with Crippen molar-refractivity contribution < 1.29 is 18.7 Å². The molecule has 0 atom stereocenters. The van der Waals surface area contributed by atoms with Crippen molar-refractivity contribution in [2.45, 2.75) is 6.42 Å². The molecule has 0 saturated carbocycles. The van der Waals surface area contributed by atoms with Crippen LogP contribution < -0.4 is 14.8 Å². The van der Waals surface area contributed by atoms with E-state index in [0.29, 0.717) is 35.1 Å². The van der Waals surface area contributed by atoms with Crippen molar-refractivity contribution >= 4 is 17.5 Å². The van der Waals surface area contributed by atoms with Gasteiger partial charge >= 0.3 is 0 Å². The Bertz CT molecular complexity index is 689. The highest BCUT2D eigenvalue weighted by atomic mass is 35.5. The molecule has 23 heavy (non-hydrogen) atoms. The van der Waals surface area contributed by atoms with E-state index in [1.54, 1.807) is 18.2 Å². The Hall–Kier alpha value is -2.27. The van der Waals surface area contributed by atoms with E-state index in [4.69, 9.17) is 21.1 Å². The van der Waals surface area contributed by atoms with Gasteiger partial charge in [-0.1, -0.05) is 23.7 Å². The first-order valence-corrected chi connectivity index (χ1v) is 7.37.